The Hall–Kier alpha value is -0.420. The summed E-state index contributed by atoms with van der Waals surface area (Å²) < 4.78 is 31.3. The third-order valence-corrected chi connectivity index (χ3v) is 5.37. The van der Waals surface area contributed by atoms with Gasteiger partial charge in [0.05, 0.1) is 11.2 Å². The average Bonchev–Trinajstić information content (AvgIpc) is 2.04. The van der Waals surface area contributed by atoms with Crippen LogP contribution < -0.4 is 0 Å². The van der Waals surface area contributed by atoms with Crippen LogP contribution in [0.5, 0.6) is 0 Å². The number of hydrogen-bond acceptors (Lipinski definition) is 3. The number of carbonyl (C=O) groups excluding carboxylic acids is 1. The van der Waals surface area contributed by atoms with E-state index in [-0.39, 0.29) is 11.2 Å². The lowest BCUT2D eigenvalue weighted by atomic mass is 9.49. The molecule has 0 aliphatic heterocycles. The van der Waals surface area contributed by atoms with Gasteiger partial charge in [-0.3, -0.25) is 9.35 Å². The molecule has 3 rings (SSSR count). The van der Waals surface area contributed by atoms with E-state index in [4.69, 9.17) is 4.55 Å². The number of fused-ring (bicyclic) bond motifs is 3. The van der Waals surface area contributed by atoms with Crippen molar-refractivity contribution < 1.29 is 17.8 Å². The van der Waals surface area contributed by atoms with Crippen molar-refractivity contribution in [1.29, 1.82) is 0 Å². The van der Waals surface area contributed by atoms with Crippen LogP contribution in [0.2, 0.25) is 0 Å². The van der Waals surface area contributed by atoms with Gasteiger partial charge in [0.1, 0.15) is 5.78 Å². The first-order valence-electron chi connectivity index (χ1n) is 5.65. The predicted octanol–water partition coefficient (Wildman–Crippen LogP) is 1.66. The first-order valence-corrected chi connectivity index (χ1v) is 7.26. The highest BCUT2D eigenvalue weighted by molar-refractivity contribution is 7.85. The summed E-state index contributed by atoms with van der Waals surface area (Å²) in [6.07, 6.45) is 2.88. The van der Waals surface area contributed by atoms with E-state index in [2.05, 4.69) is 0 Å². The first kappa shape index (κ1) is 12.0. The summed E-state index contributed by atoms with van der Waals surface area (Å²) in [5.41, 5.74) is -1.17. The maximum atomic E-state index is 12.1. The molecule has 3 saturated carbocycles. The van der Waals surface area contributed by atoms with Gasteiger partial charge in [-0.1, -0.05) is 13.8 Å². The molecule has 3 aliphatic carbocycles. The van der Waals surface area contributed by atoms with Gasteiger partial charge in [-0.05, 0) is 30.6 Å². The summed E-state index contributed by atoms with van der Waals surface area (Å²) in [7, 11) is -4.09. The van der Waals surface area contributed by atoms with Crippen LogP contribution in [0.25, 0.3) is 0 Å². The molecule has 3 fully saturated rings. The second-order valence-corrected chi connectivity index (χ2v) is 7.38. The highest BCUT2D eigenvalue weighted by Gasteiger charge is 2.59. The predicted molar refractivity (Wildman–Crippen MR) is 59.6 cm³/mol. The van der Waals surface area contributed by atoms with Crippen molar-refractivity contribution in [1.82, 2.24) is 0 Å². The molecule has 3 aliphatic rings. The van der Waals surface area contributed by atoms with E-state index < -0.39 is 21.3 Å². The molecule has 0 aromatic rings. The van der Waals surface area contributed by atoms with Crippen LogP contribution >= 0.6 is 0 Å². The number of carbonyl (C=O) groups is 1. The van der Waals surface area contributed by atoms with E-state index in [1.165, 1.54) is 0 Å². The van der Waals surface area contributed by atoms with Crippen molar-refractivity contribution >= 4 is 15.9 Å². The van der Waals surface area contributed by atoms with Crippen molar-refractivity contribution in [2.45, 2.75) is 39.5 Å². The molecule has 0 radical (unpaired) electrons. The smallest absolute Gasteiger partial charge is 0.265 e. The summed E-state index contributed by atoms with van der Waals surface area (Å²) in [5.74, 6) is 0.0295. The molecule has 0 spiro atoms. The van der Waals surface area contributed by atoms with Crippen LogP contribution in [0.4, 0.5) is 0 Å². The van der Waals surface area contributed by atoms with E-state index in [9.17, 15) is 13.2 Å². The molecular formula is C11H18O4S. The van der Waals surface area contributed by atoms with E-state index >= 15 is 0 Å². The highest BCUT2D eigenvalue weighted by Crippen LogP contribution is 2.58. The summed E-state index contributed by atoms with van der Waals surface area (Å²) in [5, 5.41) is 0. The van der Waals surface area contributed by atoms with Gasteiger partial charge in [-0.25, -0.2) is 0 Å². The molecule has 2 atom stereocenters. The molecule has 2 bridgehead atoms. The number of ketones is 1. The lowest BCUT2D eigenvalue weighted by Crippen LogP contribution is -2.57. The van der Waals surface area contributed by atoms with Crippen LogP contribution in [-0.2, 0) is 14.9 Å². The van der Waals surface area contributed by atoms with E-state index in [0.717, 1.165) is 12.8 Å². The van der Waals surface area contributed by atoms with Gasteiger partial charge in [-0.15, -0.1) is 0 Å². The number of Topliss-reactive ketones (excluding diaryl/α,β-unsaturated/α-hetero) is 1. The van der Waals surface area contributed by atoms with Crippen molar-refractivity contribution in [3.8, 4) is 0 Å². The molecule has 16 heavy (non-hydrogen) atoms. The first-order chi connectivity index (χ1) is 7.16. The molecule has 1 N–H and O–H groups in total. The Kier molecular flexibility index (Phi) is 2.48. The fourth-order valence-corrected chi connectivity index (χ4v) is 4.93. The zero-order valence-electron chi connectivity index (χ0n) is 9.69. The molecule has 0 aromatic carbocycles. The summed E-state index contributed by atoms with van der Waals surface area (Å²) >= 11 is 0. The monoisotopic (exact) mass is 246 g/mol. The van der Waals surface area contributed by atoms with E-state index in [0.29, 0.717) is 18.8 Å². The summed E-state index contributed by atoms with van der Waals surface area (Å²) in [4.78, 5) is 12.1. The third-order valence-electron chi connectivity index (χ3n) is 4.51. The lowest BCUT2D eigenvalue weighted by molar-refractivity contribution is -0.149. The largest absolute Gasteiger partial charge is 0.299 e. The Morgan fingerprint density at radius 2 is 2.06 bits per heavy atom. The molecular weight excluding hydrogens is 228 g/mol. The van der Waals surface area contributed by atoms with Gasteiger partial charge in [0.15, 0.2) is 0 Å². The Morgan fingerprint density at radius 3 is 2.50 bits per heavy atom. The van der Waals surface area contributed by atoms with Gasteiger partial charge in [-0.2, -0.15) is 8.42 Å². The molecule has 0 saturated heterocycles. The second kappa shape index (κ2) is 3.29. The fraction of sp³-hybridized carbons (Fsp3) is 0.909. The Labute approximate surface area is 96.2 Å². The molecule has 4 nitrogen and oxygen atoms in total. The maximum absolute atomic E-state index is 12.1. The fourth-order valence-electron chi connectivity index (χ4n) is 3.62. The standard InChI is InChI=1S/C11H18O4S/c1-10(2)6-8-3-4-11(10,9(12)5-8)7-16(13,14)15/h8H,3-7H2,1-2H3,(H,13,14,15). The Balaban J connectivity index is 2.43. The quantitative estimate of drug-likeness (QED) is 0.752. The maximum Gasteiger partial charge on any atom is 0.265 e. The third kappa shape index (κ3) is 1.70. The average molecular weight is 246 g/mol. The van der Waals surface area contributed by atoms with Gasteiger partial charge in [0.25, 0.3) is 10.1 Å². The second-order valence-electron chi connectivity index (χ2n) is 5.93. The molecule has 2 unspecified atom stereocenters. The van der Waals surface area contributed by atoms with Crippen molar-refractivity contribution in [2.24, 2.45) is 16.7 Å². The van der Waals surface area contributed by atoms with Crippen molar-refractivity contribution in [3.05, 3.63) is 0 Å². The van der Waals surface area contributed by atoms with Gasteiger partial charge >= 0.3 is 0 Å². The van der Waals surface area contributed by atoms with Gasteiger partial charge in [0.2, 0.25) is 0 Å². The van der Waals surface area contributed by atoms with E-state index in [1.807, 2.05) is 13.8 Å². The van der Waals surface area contributed by atoms with Crippen LogP contribution in [0.15, 0.2) is 0 Å². The van der Waals surface area contributed by atoms with Crippen LogP contribution in [0.3, 0.4) is 0 Å². The molecule has 92 valence electrons. The summed E-state index contributed by atoms with van der Waals surface area (Å²) in [6, 6.07) is 0. The Morgan fingerprint density at radius 1 is 1.44 bits per heavy atom. The normalized spacial score (nSPS) is 37.7. The van der Waals surface area contributed by atoms with Crippen LogP contribution in [0.1, 0.15) is 39.5 Å². The van der Waals surface area contributed by atoms with Crippen molar-refractivity contribution in [2.75, 3.05) is 5.75 Å². The van der Waals surface area contributed by atoms with Gasteiger partial charge < -0.3 is 0 Å². The number of hydrogen-bond donors (Lipinski definition) is 1. The number of rotatable bonds is 2. The minimum Gasteiger partial charge on any atom is -0.299 e. The molecule has 0 amide bonds. The highest BCUT2D eigenvalue weighted by atomic mass is 32.2. The minimum absolute atomic E-state index is 0.0256. The van der Waals surface area contributed by atoms with E-state index in [1.54, 1.807) is 0 Å². The zero-order valence-corrected chi connectivity index (χ0v) is 10.5. The van der Waals surface area contributed by atoms with Gasteiger partial charge in [0, 0.05) is 6.42 Å². The molecule has 0 heterocycles. The molecule has 5 heteroatoms. The van der Waals surface area contributed by atoms with Crippen LogP contribution in [-0.4, -0.2) is 24.5 Å². The Bertz CT molecular complexity index is 423. The summed E-state index contributed by atoms with van der Waals surface area (Å²) in [6.45, 7) is 3.89. The van der Waals surface area contributed by atoms with Crippen molar-refractivity contribution in [3.63, 3.8) is 0 Å². The topological polar surface area (TPSA) is 71.4 Å². The minimum atomic E-state index is -4.09. The lowest BCUT2D eigenvalue weighted by Gasteiger charge is -2.55. The van der Waals surface area contributed by atoms with Crippen LogP contribution in [0, 0.1) is 16.7 Å². The SMILES string of the molecule is CC1(C)CC2CCC1(CS(=O)(=O)O)C(=O)C2. The molecule has 0 aromatic heterocycles. The zero-order chi connectivity index (χ0) is 12.2.